The number of halogens is 1. The van der Waals surface area contributed by atoms with Crippen molar-refractivity contribution in [2.45, 2.75) is 76.5 Å². The summed E-state index contributed by atoms with van der Waals surface area (Å²) in [6.45, 7) is 9.13. The number of sulfonamides is 1. The molecule has 192 valence electrons. The summed E-state index contributed by atoms with van der Waals surface area (Å²) >= 11 is 0. The van der Waals surface area contributed by atoms with Gasteiger partial charge < -0.3 is 15.2 Å². The van der Waals surface area contributed by atoms with Crippen LogP contribution in [0.3, 0.4) is 0 Å². The van der Waals surface area contributed by atoms with E-state index in [1.165, 1.54) is 12.1 Å². The van der Waals surface area contributed by atoms with Crippen molar-refractivity contribution >= 4 is 22.1 Å². The van der Waals surface area contributed by atoms with E-state index >= 15 is 0 Å². The van der Waals surface area contributed by atoms with Gasteiger partial charge in [-0.05, 0) is 64.6 Å². The lowest BCUT2D eigenvalue weighted by atomic mass is 10.1. The number of urea groups is 1. The van der Waals surface area contributed by atoms with E-state index in [9.17, 15) is 27.5 Å². The minimum Gasteiger partial charge on any atom is -0.443 e. The molecule has 34 heavy (non-hydrogen) atoms. The van der Waals surface area contributed by atoms with Gasteiger partial charge in [0.25, 0.3) is 10.0 Å². The Labute approximate surface area is 201 Å². The van der Waals surface area contributed by atoms with E-state index in [1.807, 2.05) is 13.8 Å². The number of imide groups is 1. The number of carbonyl (C=O) groups excluding carboxylic acids is 2. The number of hydrogen-bond acceptors (Lipinski definition) is 7. The number of β-amino-alcohol motifs (C(OH)–C–C–N with tert-alkyl or cyclic N) is 1. The topological polar surface area (TPSA) is 116 Å². The third-order valence-electron chi connectivity index (χ3n) is 5.29. The summed E-state index contributed by atoms with van der Waals surface area (Å²) < 4.78 is 47.8. The van der Waals surface area contributed by atoms with Crippen LogP contribution in [0, 0.1) is 11.7 Å². The second-order valence-electron chi connectivity index (χ2n) is 9.81. The van der Waals surface area contributed by atoms with Gasteiger partial charge in [0, 0.05) is 13.1 Å². The van der Waals surface area contributed by atoms with Crippen LogP contribution in [0.5, 0.6) is 0 Å². The van der Waals surface area contributed by atoms with Crippen LogP contribution in [-0.2, 0) is 14.8 Å². The summed E-state index contributed by atoms with van der Waals surface area (Å²) in [6.07, 6.45) is -1.25. The number of ether oxygens (including phenoxy) is 1. The highest BCUT2D eigenvalue weighted by molar-refractivity contribution is 7.89. The van der Waals surface area contributed by atoms with Crippen molar-refractivity contribution in [2.75, 3.05) is 19.6 Å². The van der Waals surface area contributed by atoms with E-state index in [4.69, 9.17) is 4.74 Å². The molecule has 1 aromatic rings. The van der Waals surface area contributed by atoms with Gasteiger partial charge in [-0.15, -0.1) is 0 Å². The van der Waals surface area contributed by atoms with Crippen molar-refractivity contribution < 1.29 is 32.2 Å². The number of amides is 3. The predicted molar refractivity (Wildman–Crippen MR) is 125 cm³/mol. The van der Waals surface area contributed by atoms with Crippen molar-refractivity contribution in [3.05, 3.63) is 30.1 Å². The van der Waals surface area contributed by atoms with E-state index in [-0.39, 0.29) is 25.4 Å². The van der Waals surface area contributed by atoms with Gasteiger partial charge in [-0.25, -0.2) is 31.6 Å². The Balaban J connectivity index is 2.61. The Kier molecular flexibility index (Phi) is 9.44. The highest BCUT2D eigenvalue weighted by Crippen LogP contribution is 2.28. The quantitative estimate of drug-likeness (QED) is 0.614. The summed E-state index contributed by atoms with van der Waals surface area (Å²) in [6, 6.07) is 2.33. The summed E-state index contributed by atoms with van der Waals surface area (Å²) in [5.74, 6) is -0.936. The molecule has 1 aromatic carbocycles. The van der Waals surface area contributed by atoms with Gasteiger partial charge in [0.15, 0.2) is 0 Å². The molecule has 0 radical (unpaired) electrons. The molecule has 1 heterocycles. The maximum absolute atomic E-state index is 14.6. The Morgan fingerprint density at radius 1 is 1.26 bits per heavy atom. The number of rotatable bonds is 6. The maximum atomic E-state index is 14.6. The third-order valence-corrected chi connectivity index (χ3v) is 7.12. The number of nitrogens with zero attached hydrogens (tertiary/aromatic N) is 2. The molecule has 2 rings (SSSR count). The molecular formula is C23H36FN3O6S. The van der Waals surface area contributed by atoms with Gasteiger partial charge in [0.1, 0.15) is 16.3 Å². The molecule has 0 bridgehead atoms. The monoisotopic (exact) mass is 501 g/mol. The fourth-order valence-electron chi connectivity index (χ4n) is 3.56. The number of aliphatic hydroxyl groups excluding tert-OH is 1. The Hall–Kier alpha value is -2.24. The minimum absolute atomic E-state index is 0.0413. The van der Waals surface area contributed by atoms with Crippen LogP contribution < -0.4 is 5.32 Å². The molecule has 1 aliphatic heterocycles. The third kappa shape index (κ3) is 7.13. The molecule has 2 N–H and O–H groups in total. The molecule has 1 saturated heterocycles. The van der Waals surface area contributed by atoms with E-state index in [1.54, 1.807) is 20.8 Å². The number of nitrogens with one attached hydrogen (secondary N) is 1. The normalized spacial score (nSPS) is 19.4. The first-order valence-electron chi connectivity index (χ1n) is 11.5. The minimum atomic E-state index is -4.77. The first-order chi connectivity index (χ1) is 15.8. The fraction of sp³-hybridized carbons (Fsp3) is 0.652. The first kappa shape index (κ1) is 28.0. The number of hydrogen-bond donors (Lipinski definition) is 2. The zero-order chi connectivity index (χ0) is 25.7. The average molecular weight is 502 g/mol. The first-order valence-corrected chi connectivity index (χ1v) is 12.9. The molecule has 2 unspecified atom stereocenters. The Morgan fingerprint density at radius 3 is 2.50 bits per heavy atom. The number of carbonyl (C=O) groups is 2. The lowest BCUT2D eigenvalue weighted by Gasteiger charge is -2.36. The van der Waals surface area contributed by atoms with Crippen LogP contribution in [0.2, 0.25) is 0 Å². The molecule has 0 spiro atoms. The largest absolute Gasteiger partial charge is 0.443 e. The van der Waals surface area contributed by atoms with Gasteiger partial charge in [0.2, 0.25) is 0 Å². The molecule has 1 aliphatic rings. The molecule has 2 atom stereocenters. The van der Waals surface area contributed by atoms with Crippen LogP contribution in [0.4, 0.5) is 14.0 Å². The molecule has 9 nitrogen and oxygen atoms in total. The molecule has 1 fully saturated rings. The van der Waals surface area contributed by atoms with Crippen LogP contribution in [0.15, 0.2) is 29.2 Å². The summed E-state index contributed by atoms with van der Waals surface area (Å²) in [4.78, 5) is 26.8. The summed E-state index contributed by atoms with van der Waals surface area (Å²) in [5, 5.41) is 13.7. The van der Waals surface area contributed by atoms with Crippen molar-refractivity contribution in [3.8, 4) is 0 Å². The summed E-state index contributed by atoms with van der Waals surface area (Å²) in [7, 11) is -4.77. The molecule has 11 heteroatoms. The van der Waals surface area contributed by atoms with Crippen molar-refractivity contribution in [1.82, 2.24) is 14.5 Å². The lowest BCUT2D eigenvalue weighted by Crippen LogP contribution is -2.57. The van der Waals surface area contributed by atoms with Gasteiger partial charge >= 0.3 is 12.1 Å². The van der Waals surface area contributed by atoms with Gasteiger partial charge in [-0.1, -0.05) is 26.0 Å². The van der Waals surface area contributed by atoms with Crippen molar-refractivity contribution in [1.29, 1.82) is 0 Å². The zero-order valence-electron chi connectivity index (χ0n) is 20.5. The highest BCUT2D eigenvalue weighted by Gasteiger charge is 2.44. The molecule has 3 amide bonds. The van der Waals surface area contributed by atoms with Crippen molar-refractivity contribution in [3.63, 3.8) is 0 Å². The van der Waals surface area contributed by atoms with Crippen LogP contribution >= 0.6 is 0 Å². The Bertz CT molecular complexity index is 964. The predicted octanol–water partition coefficient (Wildman–Crippen LogP) is 3.33. The maximum Gasteiger partial charge on any atom is 0.418 e. The smallest absolute Gasteiger partial charge is 0.418 e. The molecule has 0 saturated carbocycles. The Morgan fingerprint density at radius 2 is 1.91 bits per heavy atom. The van der Waals surface area contributed by atoms with Crippen LogP contribution in [-0.4, -0.2) is 72.2 Å². The fourth-order valence-corrected chi connectivity index (χ4v) is 5.24. The number of aliphatic hydroxyl groups is 1. The van der Waals surface area contributed by atoms with E-state index in [0.717, 1.165) is 17.0 Å². The van der Waals surface area contributed by atoms with Gasteiger partial charge in [0.05, 0.1) is 12.1 Å². The molecular weight excluding hydrogens is 465 g/mol. The van der Waals surface area contributed by atoms with Crippen molar-refractivity contribution in [2.24, 2.45) is 5.92 Å². The van der Waals surface area contributed by atoms with Gasteiger partial charge in [-0.3, -0.25) is 0 Å². The lowest BCUT2D eigenvalue weighted by molar-refractivity contribution is 0.0265. The number of benzene rings is 1. The zero-order valence-corrected chi connectivity index (χ0v) is 21.3. The van der Waals surface area contributed by atoms with E-state index in [2.05, 4.69) is 5.32 Å². The SMILES string of the molecule is CC(C)CCN(C(=O)OC(C)(C)C)C(=O)N(C1CCCNCC1O)S(=O)(=O)c1ccccc1F. The highest BCUT2D eigenvalue weighted by atomic mass is 32.2. The molecule has 0 aliphatic carbocycles. The van der Waals surface area contributed by atoms with E-state index in [0.29, 0.717) is 23.7 Å². The average Bonchev–Trinajstić information content (AvgIpc) is 2.91. The van der Waals surface area contributed by atoms with Gasteiger partial charge in [-0.2, -0.15) is 0 Å². The standard InChI is InChI=1S/C23H36FN3O6S/c1-16(2)12-14-26(22(30)33-23(3,4)5)21(29)27(18-10-8-13-25-15-19(18)28)34(31,32)20-11-7-6-9-17(20)24/h6-7,9,11,16,18-19,25,28H,8,10,12-15H2,1-5H3. The summed E-state index contributed by atoms with van der Waals surface area (Å²) in [5.41, 5.74) is -0.936. The van der Waals surface area contributed by atoms with E-state index < -0.39 is 50.6 Å². The molecule has 0 aromatic heterocycles. The van der Waals surface area contributed by atoms with Crippen LogP contribution in [0.25, 0.3) is 0 Å². The second kappa shape index (κ2) is 11.5. The second-order valence-corrected chi connectivity index (χ2v) is 11.6. The van der Waals surface area contributed by atoms with Crippen LogP contribution in [0.1, 0.15) is 53.9 Å².